The molecule has 0 fully saturated rings. The van der Waals surface area contributed by atoms with Crippen molar-refractivity contribution in [3.8, 4) is 11.5 Å². The molecule has 100 valence electrons. The first-order valence-corrected chi connectivity index (χ1v) is 5.76. The van der Waals surface area contributed by atoms with Crippen LogP contribution in [0.2, 0.25) is 0 Å². The summed E-state index contributed by atoms with van der Waals surface area (Å²) in [5.41, 5.74) is 2.10. The van der Waals surface area contributed by atoms with Crippen LogP contribution in [0.15, 0.2) is 24.4 Å². The zero-order valence-electron chi connectivity index (χ0n) is 10.7. The molecule has 0 spiro atoms. The Balaban J connectivity index is 2.07. The molecule has 2 rings (SSSR count). The van der Waals surface area contributed by atoms with Crippen LogP contribution in [0.5, 0.6) is 11.5 Å². The lowest BCUT2D eigenvalue weighted by Gasteiger charge is -2.06. The van der Waals surface area contributed by atoms with Gasteiger partial charge in [0.25, 0.3) is 5.91 Å². The van der Waals surface area contributed by atoms with Gasteiger partial charge in [-0.15, -0.1) is 0 Å². The summed E-state index contributed by atoms with van der Waals surface area (Å²) in [6, 6.07) is 3.76. The second kappa shape index (κ2) is 5.01. The van der Waals surface area contributed by atoms with E-state index >= 15 is 0 Å². The highest BCUT2D eigenvalue weighted by atomic mass is 16.3. The van der Waals surface area contributed by atoms with E-state index in [0.717, 1.165) is 11.3 Å². The number of amides is 1. The Labute approximate surface area is 110 Å². The number of aromatic hydroxyl groups is 2. The van der Waals surface area contributed by atoms with Crippen molar-refractivity contribution < 1.29 is 15.0 Å². The molecule has 6 nitrogen and oxygen atoms in total. The lowest BCUT2D eigenvalue weighted by molar-refractivity contribution is 0.0950. The van der Waals surface area contributed by atoms with E-state index in [1.165, 1.54) is 18.2 Å². The molecule has 1 amide bonds. The zero-order chi connectivity index (χ0) is 14.0. The van der Waals surface area contributed by atoms with Gasteiger partial charge < -0.3 is 15.5 Å². The Morgan fingerprint density at radius 3 is 2.47 bits per heavy atom. The monoisotopic (exact) mass is 261 g/mol. The van der Waals surface area contributed by atoms with E-state index in [1.54, 1.807) is 10.9 Å². The Morgan fingerprint density at radius 2 is 1.95 bits per heavy atom. The molecule has 0 radical (unpaired) electrons. The predicted molar refractivity (Wildman–Crippen MR) is 68.9 cm³/mol. The number of phenolic OH excluding ortho intramolecular Hbond substituents is 2. The molecule has 0 aliphatic rings. The Morgan fingerprint density at radius 1 is 1.32 bits per heavy atom. The third-order valence-electron chi connectivity index (χ3n) is 2.94. The first kappa shape index (κ1) is 12.9. The highest BCUT2D eigenvalue weighted by Gasteiger charge is 2.10. The van der Waals surface area contributed by atoms with Crippen molar-refractivity contribution >= 4 is 5.91 Å². The summed E-state index contributed by atoms with van der Waals surface area (Å²) in [5.74, 6) is -0.667. The van der Waals surface area contributed by atoms with Crippen molar-refractivity contribution in [2.75, 3.05) is 0 Å². The Bertz CT molecular complexity index is 599. The predicted octanol–water partition coefficient (Wildman–Crippen LogP) is 1.07. The molecule has 2 aromatic rings. The molecular formula is C13H15N3O3. The van der Waals surface area contributed by atoms with E-state index in [-0.39, 0.29) is 23.0 Å². The van der Waals surface area contributed by atoms with Crippen LogP contribution in [0.3, 0.4) is 0 Å². The minimum Gasteiger partial charge on any atom is -0.508 e. The molecule has 3 N–H and O–H groups in total. The van der Waals surface area contributed by atoms with Crippen molar-refractivity contribution in [2.45, 2.75) is 13.5 Å². The quantitative estimate of drug-likeness (QED) is 0.771. The van der Waals surface area contributed by atoms with Gasteiger partial charge in [-0.3, -0.25) is 9.48 Å². The molecule has 1 heterocycles. The highest BCUT2D eigenvalue weighted by Crippen LogP contribution is 2.20. The molecule has 0 saturated carbocycles. The Kier molecular flexibility index (Phi) is 3.41. The van der Waals surface area contributed by atoms with Crippen molar-refractivity contribution in [2.24, 2.45) is 7.05 Å². The topological polar surface area (TPSA) is 87.4 Å². The minimum absolute atomic E-state index is 0.150. The maximum absolute atomic E-state index is 11.9. The molecule has 0 aliphatic heterocycles. The van der Waals surface area contributed by atoms with Crippen LogP contribution in [0, 0.1) is 6.92 Å². The summed E-state index contributed by atoms with van der Waals surface area (Å²) in [4.78, 5) is 11.9. The van der Waals surface area contributed by atoms with Gasteiger partial charge in [0.15, 0.2) is 0 Å². The van der Waals surface area contributed by atoms with Crippen LogP contribution >= 0.6 is 0 Å². The van der Waals surface area contributed by atoms with Crippen LogP contribution in [0.25, 0.3) is 0 Å². The zero-order valence-corrected chi connectivity index (χ0v) is 10.7. The molecule has 6 heteroatoms. The van der Waals surface area contributed by atoms with Crippen LogP contribution in [0.4, 0.5) is 0 Å². The van der Waals surface area contributed by atoms with Gasteiger partial charge in [0, 0.05) is 36.5 Å². The van der Waals surface area contributed by atoms with Gasteiger partial charge in [-0.1, -0.05) is 0 Å². The first-order chi connectivity index (χ1) is 8.97. The highest BCUT2D eigenvalue weighted by molar-refractivity contribution is 5.95. The summed E-state index contributed by atoms with van der Waals surface area (Å²) in [6.07, 6.45) is 1.69. The summed E-state index contributed by atoms with van der Waals surface area (Å²) in [5, 5.41) is 25.4. The Hall–Kier alpha value is -2.50. The average molecular weight is 261 g/mol. The van der Waals surface area contributed by atoms with Crippen LogP contribution in [-0.2, 0) is 13.6 Å². The normalized spacial score (nSPS) is 10.4. The molecule has 0 unspecified atom stereocenters. The van der Waals surface area contributed by atoms with Crippen LogP contribution in [0.1, 0.15) is 21.6 Å². The smallest absolute Gasteiger partial charge is 0.251 e. The van der Waals surface area contributed by atoms with E-state index < -0.39 is 0 Å². The maximum atomic E-state index is 11.9. The molecule has 0 saturated heterocycles. The first-order valence-electron chi connectivity index (χ1n) is 5.76. The number of nitrogens with zero attached hydrogens (tertiary/aromatic N) is 2. The molecule has 1 aromatic carbocycles. The third kappa shape index (κ3) is 2.85. The fraction of sp³-hybridized carbons (Fsp3) is 0.231. The van der Waals surface area contributed by atoms with E-state index in [0.29, 0.717) is 6.54 Å². The number of hydrogen-bond donors (Lipinski definition) is 3. The van der Waals surface area contributed by atoms with Gasteiger partial charge >= 0.3 is 0 Å². The SMILES string of the molecule is Cc1c(CNC(=O)c2cc(O)cc(O)c2)cnn1C. The second-order valence-corrected chi connectivity index (χ2v) is 4.30. The van der Waals surface area contributed by atoms with Gasteiger partial charge in [-0.05, 0) is 19.1 Å². The largest absolute Gasteiger partial charge is 0.508 e. The number of nitrogens with one attached hydrogen (secondary N) is 1. The summed E-state index contributed by atoms with van der Waals surface area (Å²) < 4.78 is 1.72. The van der Waals surface area contributed by atoms with Crippen molar-refractivity contribution in [1.29, 1.82) is 0 Å². The fourth-order valence-electron chi connectivity index (χ4n) is 1.72. The van der Waals surface area contributed by atoms with E-state index in [1.807, 2.05) is 14.0 Å². The number of carbonyl (C=O) groups excluding carboxylic acids is 1. The molecule has 0 bridgehead atoms. The van der Waals surface area contributed by atoms with Gasteiger partial charge in [-0.2, -0.15) is 5.10 Å². The molecule has 19 heavy (non-hydrogen) atoms. The number of aryl methyl sites for hydroxylation is 1. The van der Waals surface area contributed by atoms with Gasteiger partial charge in [0.05, 0.1) is 6.20 Å². The van der Waals surface area contributed by atoms with Crippen LogP contribution < -0.4 is 5.32 Å². The van der Waals surface area contributed by atoms with Crippen molar-refractivity contribution in [3.05, 3.63) is 41.2 Å². The lowest BCUT2D eigenvalue weighted by Crippen LogP contribution is -2.22. The van der Waals surface area contributed by atoms with E-state index in [9.17, 15) is 15.0 Å². The lowest BCUT2D eigenvalue weighted by atomic mass is 10.2. The average Bonchev–Trinajstić information content (AvgIpc) is 2.66. The minimum atomic E-state index is -0.366. The van der Waals surface area contributed by atoms with Gasteiger partial charge in [-0.25, -0.2) is 0 Å². The van der Waals surface area contributed by atoms with E-state index in [4.69, 9.17) is 0 Å². The summed E-state index contributed by atoms with van der Waals surface area (Å²) in [7, 11) is 1.83. The molecule has 1 aromatic heterocycles. The summed E-state index contributed by atoms with van der Waals surface area (Å²) in [6.45, 7) is 2.25. The number of rotatable bonds is 3. The van der Waals surface area contributed by atoms with E-state index in [2.05, 4.69) is 10.4 Å². The molecular weight excluding hydrogens is 246 g/mol. The fourth-order valence-corrected chi connectivity index (χ4v) is 1.72. The van der Waals surface area contributed by atoms with Crippen molar-refractivity contribution in [1.82, 2.24) is 15.1 Å². The standard InChI is InChI=1S/C13H15N3O3/c1-8-10(7-15-16(8)2)6-14-13(19)9-3-11(17)5-12(18)4-9/h3-5,7,17-18H,6H2,1-2H3,(H,14,19). The summed E-state index contributed by atoms with van der Waals surface area (Å²) >= 11 is 0. The number of benzene rings is 1. The second-order valence-electron chi connectivity index (χ2n) is 4.30. The number of aromatic nitrogens is 2. The number of carbonyl (C=O) groups is 1. The number of phenols is 2. The molecule has 0 aliphatic carbocycles. The third-order valence-corrected chi connectivity index (χ3v) is 2.94. The van der Waals surface area contributed by atoms with Crippen molar-refractivity contribution in [3.63, 3.8) is 0 Å². The maximum Gasteiger partial charge on any atom is 0.251 e. The number of hydrogen-bond acceptors (Lipinski definition) is 4. The van der Waals surface area contributed by atoms with Gasteiger partial charge in [0.1, 0.15) is 11.5 Å². The van der Waals surface area contributed by atoms with Crippen LogP contribution in [-0.4, -0.2) is 25.9 Å². The van der Waals surface area contributed by atoms with Gasteiger partial charge in [0.2, 0.25) is 0 Å². The molecule has 0 atom stereocenters.